The topological polar surface area (TPSA) is 44.3 Å². The number of nitrogens with one attached hydrogen (secondary N) is 2. The van der Waals surface area contributed by atoms with E-state index in [0.29, 0.717) is 0 Å². The van der Waals surface area contributed by atoms with E-state index in [0.717, 1.165) is 5.75 Å². The summed E-state index contributed by atoms with van der Waals surface area (Å²) in [6, 6.07) is 0. The first-order valence-corrected chi connectivity index (χ1v) is 2.68. The van der Waals surface area contributed by atoms with Gasteiger partial charge in [-0.2, -0.15) is 4.83 Å². The van der Waals surface area contributed by atoms with Crippen LogP contribution in [0.25, 0.3) is 0 Å². The fraction of sp³-hybridized carbons (Fsp3) is 1.00. The first-order chi connectivity index (χ1) is 2.89. The lowest BCUT2D eigenvalue weighted by molar-refractivity contribution is 0.166. The molecule has 0 aromatic carbocycles. The van der Waals surface area contributed by atoms with E-state index in [-0.39, 0.29) is 6.23 Å². The lowest BCUT2D eigenvalue weighted by atomic mass is 10.7. The minimum Gasteiger partial charge on any atom is -0.376 e. The summed E-state index contributed by atoms with van der Waals surface area (Å²) in [6.07, 6.45) is -0.352. The monoisotopic (exact) mass is 106 g/mol. The van der Waals surface area contributed by atoms with Crippen LogP contribution in [0.3, 0.4) is 0 Å². The van der Waals surface area contributed by atoms with Crippen molar-refractivity contribution >= 4 is 11.9 Å². The molecular weight excluding hydrogens is 100 g/mol. The summed E-state index contributed by atoms with van der Waals surface area (Å²) in [4.78, 5) is 2.69. The number of rotatable bonds is 0. The van der Waals surface area contributed by atoms with Crippen LogP contribution in [0.15, 0.2) is 0 Å². The number of aliphatic hydroxyl groups is 1. The highest BCUT2D eigenvalue weighted by Gasteiger charge is 2.07. The Hall–Kier alpha value is 0.230. The van der Waals surface area contributed by atoms with Crippen LogP contribution in [-0.2, 0) is 0 Å². The average Bonchev–Trinajstić information content (AvgIpc) is 1.86. The van der Waals surface area contributed by atoms with Crippen molar-refractivity contribution in [3.05, 3.63) is 0 Å². The minimum atomic E-state index is -0.352. The standard InChI is InChI=1S/C2H6N2OS/c5-2-1-6-4-3-2/h2-5H,1H2. The molecule has 0 radical (unpaired) electrons. The SMILES string of the molecule is OC1CSNN1. The fourth-order valence-corrected chi connectivity index (χ4v) is 0.816. The highest BCUT2D eigenvalue weighted by atomic mass is 32.2. The van der Waals surface area contributed by atoms with E-state index in [9.17, 15) is 0 Å². The summed E-state index contributed by atoms with van der Waals surface area (Å²) in [5.74, 6) is 0.736. The molecule has 0 amide bonds. The molecule has 1 rings (SSSR count). The van der Waals surface area contributed by atoms with Crippen LogP contribution in [0, 0.1) is 0 Å². The molecule has 0 bridgehead atoms. The molecule has 3 N–H and O–H groups in total. The van der Waals surface area contributed by atoms with Gasteiger partial charge in [0.15, 0.2) is 0 Å². The van der Waals surface area contributed by atoms with E-state index in [1.54, 1.807) is 0 Å². The van der Waals surface area contributed by atoms with Gasteiger partial charge in [0.05, 0.1) is 0 Å². The van der Waals surface area contributed by atoms with Crippen LogP contribution in [0.4, 0.5) is 0 Å². The molecule has 1 atom stereocenters. The van der Waals surface area contributed by atoms with Gasteiger partial charge in [-0.1, -0.05) is 11.9 Å². The molecule has 0 aliphatic carbocycles. The molecule has 0 aromatic heterocycles. The normalized spacial score (nSPS) is 34.5. The van der Waals surface area contributed by atoms with Crippen LogP contribution >= 0.6 is 11.9 Å². The summed E-state index contributed by atoms with van der Waals surface area (Å²) in [5.41, 5.74) is 2.59. The third kappa shape index (κ3) is 0.844. The number of hydrogen-bond donors (Lipinski definition) is 3. The maximum atomic E-state index is 8.53. The highest BCUT2D eigenvalue weighted by molar-refractivity contribution is 7.97. The lowest BCUT2D eigenvalue weighted by Gasteiger charge is -1.92. The van der Waals surface area contributed by atoms with Gasteiger partial charge in [0.1, 0.15) is 6.23 Å². The molecule has 1 aliphatic heterocycles. The lowest BCUT2D eigenvalue weighted by Crippen LogP contribution is -2.28. The van der Waals surface area contributed by atoms with Crippen molar-refractivity contribution in [1.29, 1.82) is 0 Å². The molecule has 4 heteroatoms. The predicted molar refractivity (Wildman–Crippen MR) is 24.7 cm³/mol. The van der Waals surface area contributed by atoms with Gasteiger partial charge in [0.25, 0.3) is 0 Å². The molecule has 1 heterocycles. The van der Waals surface area contributed by atoms with Gasteiger partial charge in [-0.05, 0) is 0 Å². The van der Waals surface area contributed by atoms with E-state index in [2.05, 4.69) is 10.3 Å². The Balaban J connectivity index is 2.18. The van der Waals surface area contributed by atoms with Crippen molar-refractivity contribution in [3.8, 4) is 0 Å². The zero-order valence-electron chi connectivity index (χ0n) is 3.14. The molecule has 1 fully saturated rings. The van der Waals surface area contributed by atoms with Gasteiger partial charge in [0, 0.05) is 5.75 Å². The van der Waals surface area contributed by atoms with Crippen LogP contribution in [0.2, 0.25) is 0 Å². The summed E-state index contributed by atoms with van der Waals surface area (Å²) >= 11 is 1.47. The fourth-order valence-electron chi connectivity index (χ4n) is 0.272. The second kappa shape index (κ2) is 1.79. The molecule has 36 valence electrons. The smallest absolute Gasteiger partial charge is 0.128 e. The molecular formula is C2H6N2OS. The average molecular weight is 106 g/mol. The van der Waals surface area contributed by atoms with E-state index in [1.807, 2.05) is 0 Å². The van der Waals surface area contributed by atoms with Gasteiger partial charge < -0.3 is 5.11 Å². The minimum absolute atomic E-state index is 0.352. The third-order valence-electron chi connectivity index (χ3n) is 0.539. The quantitative estimate of drug-likeness (QED) is 0.349. The Morgan fingerprint density at radius 2 is 2.67 bits per heavy atom. The van der Waals surface area contributed by atoms with Crippen molar-refractivity contribution in [1.82, 2.24) is 10.3 Å². The van der Waals surface area contributed by atoms with Crippen molar-refractivity contribution in [2.75, 3.05) is 5.75 Å². The molecule has 1 unspecified atom stereocenters. The highest BCUT2D eigenvalue weighted by Crippen LogP contribution is 1.98. The van der Waals surface area contributed by atoms with E-state index in [1.165, 1.54) is 11.9 Å². The second-order valence-electron chi connectivity index (χ2n) is 1.07. The molecule has 6 heavy (non-hydrogen) atoms. The van der Waals surface area contributed by atoms with Crippen molar-refractivity contribution < 1.29 is 5.11 Å². The third-order valence-corrected chi connectivity index (χ3v) is 1.28. The first kappa shape index (κ1) is 4.39. The van der Waals surface area contributed by atoms with Crippen molar-refractivity contribution in [2.45, 2.75) is 6.23 Å². The van der Waals surface area contributed by atoms with Gasteiger partial charge in [0.2, 0.25) is 0 Å². The largest absolute Gasteiger partial charge is 0.376 e. The summed E-state index contributed by atoms with van der Waals surface area (Å²) in [5, 5.41) is 8.53. The molecule has 3 nitrogen and oxygen atoms in total. The number of aliphatic hydroxyl groups excluding tert-OH is 1. The maximum absolute atomic E-state index is 8.53. The number of hydrazine groups is 1. The van der Waals surface area contributed by atoms with Gasteiger partial charge in [-0.15, -0.1) is 0 Å². The van der Waals surface area contributed by atoms with Crippen LogP contribution < -0.4 is 10.3 Å². The van der Waals surface area contributed by atoms with E-state index >= 15 is 0 Å². The first-order valence-electron chi connectivity index (χ1n) is 1.70. The van der Waals surface area contributed by atoms with Gasteiger partial charge >= 0.3 is 0 Å². The predicted octanol–water partition coefficient (Wildman–Crippen LogP) is -0.939. The second-order valence-corrected chi connectivity index (χ2v) is 1.90. The van der Waals surface area contributed by atoms with Gasteiger partial charge in [-0.3, -0.25) is 0 Å². The van der Waals surface area contributed by atoms with Gasteiger partial charge in [-0.25, -0.2) is 5.43 Å². The maximum Gasteiger partial charge on any atom is 0.128 e. The van der Waals surface area contributed by atoms with E-state index in [4.69, 9.17) is 5.11 Å². The van der Waals surface area contributed by atoms with E-state index < -0.39 is 0 Å². The van der Waals surface area contributed by atoms with Crippen LogP contribution in [0.5, 0.6) is 0 Å². The zero-order valence-corrected chi connectivity index (χ0v) is 3.96. The molecule has 0 aromatic rings. The Labute approximate surface area is 40.2 Å². The van der Waals surface area contributed by atoms with Crippen LogP contribution in [0.1, 0.15) is 0 Å². The number of hydrogen-bond acceptors (Lipinski definition) is 4. The zero-order chi connectivity index (χ0) is 4.41. The molecule has 0 saturated carbocycles. The Morgan fingerprint density at radius 3 is 2.83 bits per heavy atom. The van der Waals surface area contributed by atoms with Crippen molar-refractivity contribution in [2.24, 2.45) is 0 Å². The van der Waals surface area contributed by atoms with Crippen LogP contribution in [-0.4, -0.2) is 17.1 Å². The molecule has 1 saturated heterocycles. The summed E-state index contributed by atoms with van der Waals surface area (Å²) in [7, 11) is 0. The molecule has 1 aliphatic rings. The Kier molecular flexibility index (Phi) is 1.31. The summed E-state index contributed by atoms with van der Waals surface area (Å²) in [6.45, 7) is 0. The molecule has 0 spiro atoms. The Morgan fingerprint density at radius 1 is 1.83 bits per heavy atom. The summed E-state index contributed by atoms with van der Waals surface area (Å²) < 4.78 is 0. The Bertz CT molecular complexity index is 44.8. The van der Waals surface area contributed by atoms with Crippen molar-refractivity contribution in [3.63, 3.8) is 0 Å².